The maximum Gasteiger partial charge on any atom is 0.308 e. The number of piperidine rings is 1. The molecule has 1 N–H and O–H groups in total. The van der Waals surface area contributed by atoms with E-state index in [4.69, 9.17) is 0 Å². The summed E-state index contributed by atoms with van der Waals surface area (Å²) in [6.07, 6.45) is 2.62. The normalized spacial score (nSPS) is 25.7. The molecule has 17 heavy (non-hydrogen) atoms. The molecule has 0 bridgehead atoms. The van der Waals surface area contributed by atoms with E-state index in [-0.39, 0.29) is 12.0 Å². The second kappa shape index (κ2) is 5.32. The number of benzene rings is 1. The van der Waals surface area contributed by atoms with Gasteiger partial charge in [0.1, 0.15) is 0 Å². The zero-order valence-corrected chi connectivity index (χ0v) is 10.2. The van der Waals surface area contributed by atoms with Crippen molar-refractivity contribution in [2.45, 2.75) is 25.3 Å². The van der Waals surface area contributed by atoms with Crippen LogP contribution in [0, 0.1) is 5.92 Å². The molecule has 2 rings (SSSR count). The van der Waals surface area contributed by atoms with Gasteiger partial charge < -0.3 is 10.0 Å². The van der Waals surface area contributed by atoms with E-state index in [1.54, 1.807) is 0 Å². The first-order valence-electron chi connectivity index (χ1n) is 6.15. The molecule has 1 aromatic carbocycles. The van der Waals surface area contributed by atoms with Gasteiger partial charge in [-0.25, -0.2) is 0 Å². The molecule has 0 unspecified atom stereocenters. The van der Waals surface area contributed by atoms with Gasteiger partial charge in [0.25, 0.3) is 0 Å². The minimum absolute atomic E-state index is 0.128. The van der Waals surface area contributed by atoms with E-state index in [9.17, 15) is 9.90 Å². The van der Waals surface area contributed by atoms with E-state index in [0.29, 0.717) is 0 Å². The van der Waals surface area contributed by atoms with Crippen molar-refractivity contribution in [1.82, 2.24) is 4.90 Å². The van der Waals surface area contributed by atoms with Crippen LogP contribution in [-0.4, -0.2) is 35.6 Å². The maximum atomic E-state index is 11.3. The first kappa shape index (κ1) is 12.1. The van der Waals surface area contributed by atoms with Crippen LogP contribution in [0.1, 0.15) is 18.4 Å². The van der Waals surface area contributed by atoms with Gasteiger partial charge in [0.15, 0.2) is 0 Å². The van der Waals surface area contributed by atoms with Gasteiger partial charge in [-0.15, -0.1) is 0 Å². The highest BCUT2D eigenvalue weighted by atomic mass is 16.4. The molecule has 0 saturated carbocycles. The number of rotatable bonds is 3. The van der Waals surface area contributed by atoms with Crippen molar-refractivity contribution in [2.24, 2.45) is 5.92 Å². The van der Waals surface area contributed by atoms with Crippen molar-refractivity contribution in [3.05, 3.63) is 35.9 Å². The largest absolute Gasteiger partial charge is 0.481 e. The van der Waals surface area contributed by atoms with Crippen LogP contribution >= 0.6 is 0 Å². The highest BCUT2D eigenvalue weighted by Gasteiger charge is 2.33. The van der Waals surface area contributed by atoms with Gasteiger partial charge in [-0.1, -0.05) is 30.3 Å². The topological polar surface area (TPSA) is 40.5 Å². The Morgan fingerprint density at radius 2 is 2.12 bits per heavy atom. The van der Waals surface area contributed by atoms with Crippen LogP contribution < -0.4 is 0 Å². The molecule has 0 aliphatic carbocycles. The van der Waals surface area contributed by atoms with Crippen molar-refractivity contribution < 1.29 is 9.90 Å². The second-order valence-corrected chi connectivity index (χ2v) is 4.82. The average molecular weight is 233 g/mol. The molecule has 0 radical (unpaired) electrons. The molecule has 0 aromatic heterocycles. The number of aliphatic carboxylic acids is 1. The Kier molecular flexibility index (Phi) is 3.79. The molecule has 1 saturated heterocycles. The monoisotopic (exact) mass is 233 g/mol. The van der Waals surface area contributed by atoms with Crippen molar-refractivity contribution >= 4 is 5.97 Å². The summed E-state index contributed by atoms with van der Waals surface area (Å²) in [5.41, 5.74) is 1.22. The Labute approximate surface area is 102 Å². The van der Waals surface area contributed by atoms with Crippen molar-refractivity contribution in [3.63, 3.8) is 0 Å². The molecule has 1 heterocycles. The number of likely N-dealkylation sites (tertiary alicyclic amines) is 1. The number of hydrogen-bond donors (Lipinski definition) is 1. The predicted octanol–water partition coefficient (Wildman–Crippen LogP) is 2.02. The van der Waals surface area contributed by atoms with Gasteiger partial charge in [-0.3, -0.25) is 4.79 Å². The van der Waals surface area contributed by atoms with Crippen molar-refractivity contribution in [1.29, 1.82) is 0 Å². The Morgan fingerprint density at radius 1 is 1.41 bits per heavy atom. The van der Waals surface area contributed by atoms with E-state index in [1.165, 1.54) is 5.56 Å². The summed E-state index contributed by atoms with van der Waals surface area (Å²) in [6.45, 7) is 1.00. The lowest BCUT2D eigenvalue weighted by Crippen LogP contribution is -2.47. The number of likely N-dealkylation sites (N-methyl/N-ethyl adjacent to an activating group) is 1. The smallest absolute Gasteiger partial charge is 0.308 e. The average Bonchev–Trinajstić information content (AvgIpc) is 2.33. The van der Waals surface area contributed by atoms with Gasteiger partial charge in [0.2, 0.25) is 0 Å². The Balaban J connectivity index is 2.12. The fraction of sp³-hybridized carbons (Fsp3) is 0.500. The summed E-state index contributed by atoms with van der Waals surface area (Å²) in [4.78, 5) is 13.5. The minimum atomic E-state index is -0.655. The molecular weight excluding hydrogens is 214 g/mol. The van der Waals surface area contributed by atoms with E-state index >= 15 is 0 Å². The van der Waals surface area contributed by atoms with Crippen molar-refractivity contribution in [3.8, 4) is 0 Å². The molecule has 1 fully saturated rings. The quantitative estimate of drug-likeness (QED) is 0.868. The third-order valence-electron chi connectivity index (χ3n) is 3.66. The number of carboxylic acid groups (broad SMARTS) is 1. The number of carbonyl (C=O) groups is 1. The molecule has 92 valence electrons. The third-order valence-corrected chi connectivity index (χ3v) is 3.66. The van der Waals surface area contributed by atoms with Crippen molar-refractivity contribution in [2.75, 3.05) is 13.6 Å². The summed E-state index contributed by atoms with van der Waals surface area (Å²) in [5, 5.41) is 9.28. The summed E-state index contributed by atoms with van der Waals surface area (Å²) in [6, 6.07) is 10.3. The molecule has 3 nitrogen and oxygen atoms in total. The van der Waals surface area contributed by atoms with Crippen LogP contribution in [0.25, 0.3) is 0 Å². The van der Waals surface area contributed by atoms with Gasteiger partial charge in [0.05, 0.1) is 5.92 Å². The predicted molar refractivity (Wildman–Crippen MR) is 66.9 cm³/mol. The molecule has 2 atom stereocenters. The Bertz CT molecular complexity index is 377. The number of hydrogen-bond acceptors (Lipinski definition) is 2. The molecule has 1 aliphatic heterocycles. The lowest BCUT2D eigenvalue weighted by molar-refractivity contribution is -0.145. The molecule has 1 aliphatic rings. The lowest BCUT2D eigenvalue weighted by Gasteiger charge is -2.37. The summed E-state index contributed by atoms with van der Waals surface area (Å²) < 4.78 is 0. The Morgan fingerprint density at radius 3 is 2.76 bits per heavy atom. The summed E-state index contributed by atoms with van der Waals surface area (Å²) >= 11 is 0. The lowest BCUT2D eigenvalue weighted by atomic mass is 9.85. The standard InChI is InChI=1S/C14H19NO2/c1-15-9-5-8-12(14(16)17)13(15)10-11-6-3-2-4-7-11/h2-4,6-7,12-13H,5,8-10H2,1H3,(H,16,17)/t12-,13+/m0/s1. The highest BCUT2D eigenvalue weighted by Crippen LogP contribution is 2.25. The fourth-order valence-electron chi connectivity index (χ4n) is 2.67. The van der Waals surface area contributed by atoms with Crippen LogP contribution in [0.2, 0.25) is 0 Å². The second-order valence-electron chi connectivity index (χ2n) is 4.82. The number of carboxylic acids is 1. The molecule has 3 heteroatoms. The zero-order chi connectivity index (χ0) is 12.3. The van der Waals surface area contributed by atoms with Gasteiger partial charge in [-0.2, -0.15) is 0 Å². The molecule has 1 aromatic rings. The van der Waals surface area contributed by atoms with E-state index in [1.807, 2.05) is 25.2 Å². The van der Waals surface area contributed by atoms with Gasteiger partial charge in [0, 0.05) is 6.04 Å². The van der Waals surface area contributed by atoms with E-state index in [0.717, 1.165) is 25.8 Å². The highest BCUT2D eigenvalue weighted by molar-refractivity contribution is 5.71. The first-order valence-corrected chi connectivity index (χ1v) is 6.15. The van der Waals surface area contributed by atoms with Gasteiger partial charge in [-0.05, 0) is 38.4 Å². The van der Waals surface area contributed by atoms with Crippen LogP contribution in [0.4, 0.5) is 0 Å². The third kappa shape index (κ3) is 2.86. The minimum Gasteiger partial charge on any atom is -0.481 e. The summed E-state index contributed by atoms with van der Waals surface area (Å²) in [5.74, 6) is -0.883. The van der Waals surface area contributed by atoms with E-state index < -0.39 is 5.97 Å². The molecule has 0 spiro atoms. The van der Waals surface area contributed by atoms with Crippen LogP contribution in [-0.2, 0) is 11.2 Å². The van der Waals surface area contributed by atoms with Gasteiger partial charge >= 0.3 is 5.97 Å². The van der Waals surface area contributed by atoms with Crippen LogP contribution in [0.5, 0.6) is 0 Å². The maximum absolute atomic E-state index is 11.3. The summed E-state index contributed by atoms with van der Waals surface area (Å²) in [7, 11) is 2.03. The molecular formula is C14H19NO2. The first-order chi connectivity index (χ1) is 8.18. The fourth-order valence-corrected chi connectivity index (χ4v) is 2.67. The number of nitrogens with zero attached hydrogens (tertiary/aromatic N) is 1. The molecule has 0 amide bonds. The SMILES string of the molecule is CN1CCC[C@H](C(=O)O)[C@H]1Cc1ccccc1. The zero-order valence-electron chi connectivity index (χ0n) is 10.2. The Hall–Kier alpha value is -1.35. The van der Waals surface area contributed by atoms with E-state index in [2.05, 4.69) is 17.0 Å². The van der Waals surface area contributed by atoms with Crippen LogP contribution in [0.3, 0.4) is 0 Å². The van der Waals surface area contributed by atoms with Crippen LogP contribution in [0.15, 0.2) is 30.3 Å².